The molecule has 3 rings (SSSR count). The number of aromatic nitrogens is 2. The van der Waals surface area contributed by atoms with Crippen LogP contribution in [0.4, 0.5) is 0 Å². The predicted octanol–water partition coefficient (Wildman–Crippen LogP) is 2.18. The minimum atomic E-state index is -0.0772. The van der Waals surface area contributed by atoms with Gasteiger partial charge in [0.25, 0.3) is 0 Å². The van der Waals surface area contributed by atoms with E-state index in [1.54, 1.807) is 12.4 Å². The van der Waals surface area contributed by atoms with E-state index in [-0.39, 0.29) is 12.1 Å². The summed E-state index contributed by atoms with van der Waals surface area (Å²) in [5.41, 5.74) is 9.88. The number of fused-ring (bicyclic) bond motifs is 1. The topological polar surface area (TPSA) is 61.0 Å². The van der Waals surface area contributed by atoms with Gasteiger partial charge in [0.1, 0.15) is 0 Å². The molecule has 0 saturated heterocycles. The van der Waals surface area contributed by atoms with E-state index in [4.69, 9.17) is 10.5 Å². The Balaban J connectivity index is 1.78. The first-order valence-corrected chi connectivity index (χ1v) is 6.56. The van der Waals surface area contributed by atoms with Gasteiger partial charge in [0.2, 0.25) is 0 Å². The van der Waals surface area contributed by atoms with Crippen molar-refractivity contribution in [1.29, 1.82) is 0 Å². The summed E-state index contributed by atoms with van der Waals surface area (Å²) in [6.45, 7) is 0.767. The third-order valence-corrected chi connectivity index (χ3v) is 3.60. The molecule has 1 aliphatic heterocycles. The van der Waals surface area contributed by atoms with Crippen LogP contribution < -0.4 is 5.73 Å². The Labute approximate surface area is 112 Å². The fraction of sp³-hybridized carbons (Fsp3) is 0.333. The van der Waals surface area contributed by atoms with Crippen LogP contribution in [0.15, 0.2) is 42.7 Å². The van der Waals surface area contributed by atoms with E-state index in [1.165, 1.54) is 11.1 Å². The van der Waals surface area contributed by atoms with E-state index in [0.717, 1.165) is 25.0 Å². The average molecular weight is 255 g/mol. The summed E-state index contributed by atoms with van der Waals surface area (Å²) in [5, 5.41) is 7.65. The van der Waals surface area contributed by atoms with Crippen molar-refractivity contribution in [3.8, 4) is 0 Å². The van der Waals surface area contributed by atoms with Crippen LogP contribution in [0.5, 0.6) is 0 Å². The Morgan fingerprint density at radius 1 is 1.26 bits per heavy atom. The first kappa shape index (κ1) is 12.3. The van der Waals surface area contributed by atoms with Gasteiger partial charge in [-0.15, -0.1) is 0 Å². The van der Waals surface area contributed by atoms with Gasteiger partial charge in [0.05, 0.1) is 18.9 Å². The molecule has 0 fully saturated rings. The van der Waals surface area contributed by atoms with Crippen LogP contribution in [0.2, 0.25) is 0 Å². The molecule has 1 aromatic carbocycles. The maximum Gasteiger partial charge on any atom is 0.0845 e. The summed E-state index contributed by atoms with van der Waals surface area (Å²) >= 11 is 0. The van der Waals surface area contributed by atoms with Gasteiger partial charge in [-0.1, -0.05) is 24.3 Å². The first-order chi connectivity index (χ1) is 9.34. The van der Waals surface area contributed by atoms with Crippen molar-refractivity contribution in [3.05, 3.63) is 59.4 Å². The molecule has 2 aromatic rings. The summed E-state index contributed by atoms with van der Waals surface area (Å²) in [6, 6.07) is 10.3. The van der Waals surface area contributed by atoms with Crippen LogP contribution in [0, 0.1) is 0 Å². The van der Waals surface area contributed by atoms with Crippen LogP contribution in [-0.4, -0.2) is 16.8 Å². The van der Waals surface area contributed by atoms with E-state index in [2.05, 4.69) is 34.5 Å². The molecular formula is C15H17N3O. The molecule has 1 aliphatic rings. The van der Waals surface area contributed by atoms with Crippen molar-refractivity contribution in [2.45, 2.75) is 25.0 Å². The summed E-state index contributed by atoms with van der Waals surface area (Å²) in [6.07, 6.45) is 5.22. The third-order valence-electron chi connectivity index (χ3n) is 3.60. The molecule has 1 aromatic heterocycles. The Morgan fingerprint density at radius 3 is 3.00 bits per heavy atom. The smallest absolute Gasteiger partial charge is 0.0845 e. The molecule has 0 spiro atoms. The van der Waals surface area contributed by atoms with Crippen molar-refractivity contribution < 1.29 is 4.74 Å². The van der Waals surface area contributed by atoms with Gasteiger partial charge in [-0.05, 0) is 35.6 Å². The first-order valence-electron chi connectivity index (χ1n) is 6.56. The molecule has 0 bridgehead atoms. The Hall–Kier alpha value is -1.78. The molecule has 19 heavy (non-hydrogen) atoms. The van der Waals surface area contributed by atoms with E-state index < -0.39 is 0 Å². The van der Waals surface area contributed by atoms with Gasteiger partial charge in [-0.3, -0.25) is 0 Å². The second kappa shape index (κ2) is 5.47. The van der Waals surface area contributed by atoms with Crippen molar-refractivity contribution in [1.82, 2.24) is 10.2 Å². The molecule has 2 unspecified atom stereocenters. The Morgan fingerprint density at radius 2 is 2.16 bits per heavy atom. The minimum absolute atomic E-state index is 0.0770. The molecule has 0 saturated carbocycles. The Bertz CT molecular complexity index is 544. The van der Waals surface area contributed by atoms with Crippen LogP contribution in [0.25, 0.3) is 0 Å². The molecule has 0 radical (unpaired) electrons. The second-order valence-corrected chi connectivity index (χ2v) is 4.83. The molecule has 2 heterocycles. The van der Waals surface area contributed by atoms with Crippen molar-refractivity contribution in [2.24, 2.45) is 5.73 Å². The number of rotatable bonds is 3. The third kappa shape index (κ3) is 2.64. The zero-order chi connectivity index (χ0) is 13.1. The average Bonchev–Trinajstić information content (AvgIpc) is 2.48. The normalized spacial score (nSPS) is 19.7. The molecule has 98 valence electrons. The SMILES string of the molecule is NC(CC1OCCc2ccccc21)c1ccnnc1. The Kier molecular flexibility index (Phi) is 3.53. The van der Waals surface area contributed by atoms with Crippen LogP contribution in [0.1, 0.15) is 35.3 Å². The molecule has 4 nitrogen and oxygen atoms in total. The summed E-state index contributed by atoms with van der Waals surface area (Å²) in [7, 11) is 0. The summed E-state index contributed by atoms with van der Waals surface area (Å²) in [4.78, 5) is 0. The van der Waals surface area contributed by atoms with Gasteiger partial charge >= 0.3 is 0 Å². The lowest BCUT2D eigenvalue weighted by Gasteiger charge is -2.28. The zero-order valence-electron chi connectivity index (χ0n) is 10.7. The fourth-order valence-electron chi connectivity index (χ4n) is 2.56. The molecule has 4 heteroatoms. The monoisotopic (exact) mass is 255 g/mol. The lowest BCUT2D eigenvalue weighted by molar-refractivity contribution is 0.0319. The highest BCUT2D eigenvalue weighted by Gasteiger charge is 2.23. The van der Waals surface area contributed by atoms with Crippen molar-refractivity contribution in [2.75, 3.05) is 6.61 Å². The van der Waals surface area contributed by atoms with E-state index in [9.17, 15) is 0 Å². The molecule has 0 aliphatic carbocycles. The largest absolute Gasteiger partial charge is 0.373 e. The van der Waals surface area contributed by atoms with Crippen LogP contribution >= 0.6 is 0 Å². The minimum Gasteiger partial charge on any atom is -0.373 e. The standard InChI is InChI=1S/C15H17N3O/c16-14(12-5-7-17-18-10-12)9-15-13-4-2-1-3-11(13)6-8-19-15/h1-5,7,10,14-15H,6,8-9,16H2. The maximum absolute atomic E-state index is 6.24. The number of nitrogens with zero attached hydrogens (tertiary/aromatic N) is 2. The summed E-state index contributed by atoms with van der Waals surface area (Å²) in [5.74, 6) is 0. The lowest BCUT2D eigenvalue weighted by Crippen LogP contribution is -2.21. The van der Waals surface area contributed by atoms with Gasteiger partial charge in [0, 0.05) is 12.2 Å². The maximum atomic E-state index is 6.24. The summed E-state index contributed by atoms with van der Waals surface area (Å²) < 4.78 is 5.88. The highest BCUT2D eigenvalue weighted by atomic mass is 16.5. The zero-order valence-corrected chi connectivity index (χ0v) is 10.7. The highest BCUT2D eigenvalue weighted by molar-refractivity contribution is 5.31. The van der Waals surface area contributed by atoms with Gasteiger partial charge < -0.3 is 10.5 Å². The van der Waals surface area contributed by atoms with Crippen LogP contribution in [-0.2, 0) is 11.2 Å². The van der Waals surface area contributed by atoms with Crippen LogP contribution in [0.3, 0.4) is 0 Å². The number of hydrogen-bond acceptors (Lipinski definition) is 4. The van der Waals surface area contributed by atoms with Gasteiger partial charge in [0.15, 0.2) is 0 Å². The number of ether oxygens (including phenoxy) is 1. The second-order valence-electron chi connectivity index (χ2n) is 4.83. The molecule has 2 N–H and O–H groups in total. The highest BCUT2D eigenvalue weighted by Crippen LogP contribution is 2.33. The van der Waals surface area contributed by atoms with Crippen molar-refractivity contribution in [3.63, 3.8) is 0 Å². The lowest BCUT2D eigenvalue weighted by atomic mass is 9.92. The fourth-order valence-corrected chi connectivity index (χ4v) is 2.56. The number of benzene rings is 1. The quantitative estimate of drug-likeness (QED) is 0.913. The van der Waals surface area contributed by atoms with Crippen molar-refractivity contribution >= 4 is 0 Å². The number of hydrogen-bond donors (Lipinski definition) is 1. The van der Waals surface area contributed by atoms with E-state index >= 15 is 0 Å². The van der Waals surface area contributed by atoms with E-state index in [1.807, 2.05) is 6.07 Å². The molecule has 0 amide bonds. The molecular weight excluding hydrogens is 238 g/mol. The molecule has 2 atom stereocenters. The van der Waals surface area contributed by atoms with Gasteiger partial charge in [-0.25, -0.2) is 0 Å². The van der Waals surface area contributed by atoms with E-state index in [0.29, 0.717) is 0 Å². The predicted molar refractivity (Wildman–Crippen MR) is 72.4 cm³/mol. The van der Waals surface area contributed by atoms with Gasteiger partial charge in [-0.2, -0.15) is 10.2 Å². The number of nitrogens with two attached hydrogens (primary N) is 1.